The highest BCUT2D eigenvalue weighted by Crippen LogP contribution is 2.37. The van der Waals surface area contributed by atoms with E-state index in [1.54, 1.807) is 0 Å². The molecule has 1 aromatic rings. The smallest absolute Gasteiger partial charge is 0.248 e. The molecule has 1 unspecified atom stereocenters. The maximum atomic E-state index is 13.2. The Morgan fingerprint density at radius 3 is 2.79 bits per heavy atom. The molecule has 0 spiro atoms. The van der Waals surface area contributed by atoms with Gasteiger partial charge in [0.2, 0.25) is 17.1 Å². The summed E-state index contributed by atoms with van der Waals surface area (Å²) in [6, 6.07) is 1.31. The van der Waals surface area contributed by atoms with Gasteiger partial charge in [0, 0.05) is 24.8 Å². The molecule has 1 saturated carbocycles. The van der Waals surface area contributed by atoms with Gasteiger partial charge in [0.1, 0.15) is 11.0 Å². The lowest BCUT2D eigenvalue weighted by atomic mass is 9.86. The number of carbonyl (C=O) groups is 1. The Morgan fingerprint density at radius 1 is 1.42 bits per heavy atom. The zero-order chi connectivity index (χ0) is 14.0. The van der Waals surface area contributed by atoms with E-state index in [0.717, 1.165) is 0 Å². The fourth-order valence-electron chi connectivity index (χ4n) is 2.08. The number of hydrogen-bond donors (Lipinski definition) is 1. The van der Waals surface area contributed by atoms with E-state index in [9.17, 15) is 13.6 Å². The molecule has 0 radical (unpaired) electrons. The molecule has 1 aromatic heterocycles. The predicted octanol–water partition coefficient (Wildman–Crippen LogP) is 3.55. The predicted molar refractivity (Wildman–Crippen MR) is 67.6 cm³/mol. The maximum Gasteiger partial charge on any atom is 0.248 e. The second-order valence-corrected chi connectivity index (χ2v) is 5.21. The Balaban J connectivity index is 2.04. The van der Waals surface area contributed by atoms with Crippen molar-refractivity contribution in [2.75, 3.05) is 5.32 Å². The van der Waals surface area contributed by atoms with Gasteiger partial charge in [0.15, 0.2) is 0 Å². The van der Waals surface area contributed by atoms with Crippen molar-refractivity contribution in [1.82, 2.24) is 9.97 Å². The monoisotopic (exact) mass is 309 g/mol. The zero-order valence-corrected chi connectivity index (χ0v) is 11.3. The van der Waals surface area contributed by atoms with Crippen LogP contribution in [0.5, 0.6) is 0 Å². The van der Waals surface area contributed by atoms with E-state index < -0.39 is 24.2 Å². The fraction of sp³-hybridized carbons (Fsp3) is 0.545. The van der Waals surface area contributed by atoms with Crippen LogP contribution in [0.4, 0.5) is 14.6 Å². The molecular weight excluding hydrogens is 299 g/mol. The van der Waals surface area contributed by atoms with Gasteiger partial charge in [-0.05, 0) is 24.4 Å². The van der Waals surface area contributed by atoms with Crippen LogP contribution in [0.1, 0.15) is 25.7 Å². The van der Waals surface area contributed by atoms with E-state index in [0.29, 0.717) is 12.8 Å². The molecule has 8 heteroatoms. The number of halogens is 4. The lowest BCUT2D eigenvalue weighted by Crippen LogP contribution is -2.33. The van der Waals surface area contributed by atoms with E-state index >= 15 is 0 Å². The van der Waals surface area contributed by atoms with Crippen LogP contribution in [0.15, 0.2) is 6.07 Å². The van der Waals surface area contributed by atoms with Crippen molar-refractivity contribution in [3.05, 3.63) is 16.5 Å². The highest BCUT2D eigenvalue weighted by molar-refractivity contribution is 6.32. The average Bonchev–Trinajstić information content (AvgIpc) is 2.25. The minimum atomic E-state index is -2.78. The number of nitrogens with zero attached hydrogens (tertiary/aromatic N) is 2. The number of carbonyl (C=O) groups excluding carboxylic acids is 1. The number of amides is 1. The Morgan fingerprint density at radius 2 is 2.16 bits per heavy atom. The van der Waals surface area contributed by atoms with Crippen LogP contribution < -0.4 is 5.32 Å². The Hall–Kier alpha value is -1.01. The Kier molecular flexibility index (Phi) is 4.20. The Bertz CT molecular complexity index is 479. The van der Waals surface area contributed by atoms with Crippen molar-refractivity contribution in [2.24, 2.45) is 5.92 Å². The van der Waals surface area contributed by atoms with Gasteiger partial charge in [-0.15, -0.1) is 0 Å². The molecule has 1 aliphatic carbocycles. The largest absolute Gasteiger partial charge is 0.310 e. The van der Waals surface area contributed by atoms with Gasteiger partial charge in [-0.3, -0.25) is 4.79 Å². The number of aromatic nitrogens is 2. The van der Waals surface area contributed by atoms with Gasteiger partial charge in [-0.1, -0.05) is 11.6 Å². The van der Waals surface area contributed by atoms with Gasteiger partial charge in [0.05, 0.1) is 0 Å². The van der Waals surface area contributed by atoms with E-state index in [1.165, 1.54) is 6.07 Å². The van der Waals surface area contributed by atoms with Crippen molar-refractivity contribution in [1.29, 1.82) is 0 Å². The summed E-state index contributed by atoms with van der Waals surface area (Å²) in [5.74, 6) is -3.88. The second-order valence-electron chi connectivity index (χ2n) is 4.48. The Labute approximate surface area is 118 Å². The molecule has 0 aliphatic heterocycles. The highest BCUT2D eigenvalue weighted by atomic mass is 35.5. The first-order valence-corrected chi connectivity index (χ1v) is 6.50. The summed E-state index contributed by atoms with van der Waals surface area (Å²) in [7, 11) is 0. The molecule has 1 amide bonds. The van der Waals surface area contributed by atoms with Crippen LogP contribution >= 0.6 is 23.2 Å². The van der Waals surface area contributed by atoms with Gasteiger partial charge >= 0.3 is 0 Å². The number of anilines is 1. The first-order chi connectivity index (χ1) is 8.85. The number of hydrogen-bond acceptors (Lipinski definition) is 3. The molecule has 19 heavy (non-hydrogen) atoms. The fourth-order valence-corrected chi connectivity index (χ4v) is 2.49. The summed E-state index contributed by atoms with van der Waals surface area (Å²) in [4.78, 5) is 19.3. The van der Waals surface area contributed by atoms with Crippen molar-refractivity contribution < 1.29 is 13.6 Å². The van der Waals surface area contributed by atoms with Crippen LogP contribution in [0.2, 0.25) is 10.4 Å². The molecular formula is C11H11Cl2F2N3O. The molecule has 1 atom stereocenters. The topological polar surface area (TPSA) is 54.9 Å². The van der Waals surface area contributed by atoms with Crippen LogP contribution in [-0.2, 0) is 4.79 Å². The van der Waals surface area contributed by atoms with Gasteiger partial charge < -0.3 is 5.32 Å². The summed E-state index contributed by atoms with van der Waals surface area (Å²) in [6.45, 7) is 0. The lowest BCUT2D eigenvalue weighted by molar-refractivity contribution is -0.127. The van der Waals surface area contributed by atoms with Gasteiger partial charge in [-0.2, -0.15) is 0 Å². The van der Waals surface area contributed by atoms with Crippen LogP contribution in [0.25, 0.3) is 0 Å². The standard InChI is InChI=1S/C11H11Cl2F2N3O/c12-7-4-8(18-10(13)16-7)17-9(19)6-2-1-3-11(14,15)5-6/h4,6H,1-3,5H2,(H,16,17,18,19). The molecule has 1 N–H and O–H groups in total. The number of rotatable bonds is 2. The minimum absolute atomic E-state index is 0.0734. The SMILES string of the molecule is O=C(Nc1cc(Cl)nc(Cl)n1)C1CCCC(F)(F)C1. The van der Waals surface area contributed by atoms with Gasteiger partial charge in [0.25, 0.3) is 0 Å². The zero-order valence-electron chi connectivity index (χ0n) is 9.80. The maximum absolute atomic E-state index is 13.2. The molecule has 104 valence electrons. The second kappa shape index (κ2) is 5.54. The lowest BCUT2D eigenvalue weighted by Gasteiger charge is -2.27. The molecule has 1 fully saturated rings. The van der Waals surface area contributed by atoms with Crippen molar-refractivity contribution in [3.63, 3.8) is 0 Å². The summed E-state index contributed by atoms with van der Waals surface area (Å²) in [5.41, 5.74) is 0. The van der Waals surface area contributed by atoms with Crippen molar-refractivity contribution in [3.8, 4) is 0 Å². The summed E-state index contributed by atoms with van der Waals surface area (Å²) in [5, 5.41) is 2.40. The first kappa shape index (κ1) is 14.4. The molecule has 2 rings (SSSR count). The van der Waals surface area contributed by atoms with E-state index in [2.05, 4.69) is 15.3 Å². The van der Waals surface area contributed by atoms with Crippen LogP contribution in [-0.4, -0.2) is 21.8 Å². The van der Waals surface area contributed by atoms with Crippen LogP contribution in [0.3, 0.4) is 0 Å². The first-order valence-electron chi connectivity index (χ1n) is 5.74. The molecule has 4 nitrogen and oxygen atoms in total. The normalized spacial score (nSPS) is 22.0. The number of nitrogens with one attached hydrogen (secondary N) is 1. The molecule has 1 aliphatic rings. The third kappa shape index (κ3) is 3.98. The van der Waals surface area contributed by atoms with Gasteiger partial charge in [-0.25, -0.2) is 18.7 Å². The molecule has 1 heterocycles. The summed E-state index contributed by atoms with van der Waals surface area (Å²) >= 11 is 11.2. The van der Waals surface area contributed by atoms with Crippen LogP contribution in [0, 0.1) is 5.92 Å². The number of alkyl halides is 2. The van der Waals surface area contributed by atoms with E-state index in [1.807, 2.05) is 0 Å². The van der Waals surface area contributed by atoms with Crippen molar-refractivity contribution >= 4 is 34.9 Å². The molecule has 0 aromatic carbocycles. The molecule has 0 bridgehead atoms. The van der Waals surface area contributed by atoms with E-state index in [4.69, 9.17) is 23.2 Å². The third-order valence-electron chi connectivity index (χ3n) is 2.93. The molecule has 0 saturated heterocycles. The summed E-state index contributed by atoms with van der Waals surface area (Å²) in [6.07, 6.45) is 0.164. The summed E-state index contributed by atoms with van der Waals surface area (Å²) < 4.78 is 26.5. The highest BCUT2D eigenvalue weighted by Gasteiger charge is 2.39. The van der Waals surface area contributed by atoms with Crippen molar-refractivity contribution in [2.45, 2.75) is 31.6 Å². The average molecular weight is 310 g/mol. The van der Waals surface area contributed by atoms with E-state index in [-0.39, 0.29) is 22.7 Å². The quantitative estimate of drug-likeness (QED) is 0.671. The minimum Gasteiger partial charge on any atom is -0.310 e. The third-order valence-corrected chi connectivity index (χ3v) is 3.29.